The number of hydrogen-bond acceptors (Lipinski definition) is 4. The largest absolute Gasteiger partial charge is 0.342 e. The number of amides is 1. The summed E-state index contributed by atoms with van der Waals surface area (Å²) in [5, 5.41) is 0. The van der Waals surface area contributed by atoms with Crippen molar-refractivity contribution in [1.29, 1.82) is 0 Å². The Morgan fingerprint density at radius 1 is 1.23 bits per heavy atom. The molecule has 0 radical (unpaired) electrons. The minimum Gasteiger partial charge on any atom is -0.342 e. The van der Waals surface area contributed by atoms with Crippen molar-refractivity contribution >= 4 is 15.7 Å². The Kier molecular flexibility index (Phi) is 4.66. The van der Waals surface area contributed by atoms with Crippen molar-refractivity contribution in [3.8, 4) is 0 Å². The minimum atomic E-state index is -2.97. The van der Waals surface area contributed by atoms with Gasteiger partial charge in [-0.3, -0.25) is 4.79 Å². The topological polar surface area (TPSA) is 57.7 Å². The van der Waals surface area contributed by atoms with Crippen LogP contribution in [-0.4, -0.2) is 69.4 Å². The van der Waals surface area contributed by atoms with Gasteiger partial charge in [-0.15, -0.1) is 0 Å². The number of sulfone groups is 1. The second kappa shape index (κ2) is 5.78. The van der Waals surface area contributed by atoms with Crippen molar-refractivity contribution < 1.29 is 13.2 Å². The summed E-state index contributed by atoms with van der Waals surface area (Å²) in [5.74, 6) is 0.679. The minimum absolute atomic E-state index is 0.0187. The molecular formula is C16H30N2O3S. The maximum atomic E-state index is 12.6. The molecule has 0 unspecified atom stereocenters. The summed E-state index contributed by atoms with van der Waals surface area (Å²) in [6.07, 6.45) is 2.02. The lowest BCUT2D eigenvalue weighted by Crippen LogP contribution is -2.58. The molecule has 0 aliphatic carbocycles. The highest BCUT2D eigenvalue weighted by Crippen LogP contribution is 2.39. The predicted molar refractivity (Wildman–Crippen MR) is 88.4 cm³/mol. The molecule has 6 heteroatoms. The lowest BCUT2D eigenvalue weighted by Gasteiger charge is -2.45. The van der Waals surface area contributed by atoms with Gasteiger partial charge in [0.15, 0.2) is 9.84 Å². The van der Waals surface area contributed by atoms with Gasteiger partial charge in [-0.2, -0.15) is 0 Å². The Morgan fingerprint density at radius 3 is 2.14 bits per heavy atom. The molecule has 0 spiro atoms. The normalized spacial score (nSPS) is 25.1. The van der Waals surface area contributed by atoms with Gasteiger partial charge in [-0.1, -0.05) is 13.8 Å². The van der Waals surface area contributed by atoms with Crippen LogP contribution in [0.25, 0.3) is 0 Å². The van der Waals surface area contributed by atoms with E-state index in [1.165, 1.54) is 0 Å². The van der Waals surface area contributed by atoms with E-state index in [9.17, 15) is 13.2 Å². The molecule has 0 atom stereocenters. The molecule has 0 N–H and O–H groups in total. The highest BCUT2D eigenvalue weighted by atomic mass is 32.2. The zero-order chi connectivity index (χ0) is 16.8. The van der Waals surface area contributed by atoms with Crippen LogP contribution in [0.15, 0.2) is 0 Å². The molecule has 0 aromatic rings. The highest BCUT2D eigenvalue weighted by molar-refractivity contribution is 7.93. The smallest absolute Gasteiger partial charge is 0.230 e. The van der Waals surface area contributed by atoms with E-state index in [4.69, 9.17) is 0 Å². The van der Waals surface area contributed by atoms with E-state index >= 15 is 0 Å². The molecule has 2 heterocycles. The molecule has 2 fully saturated rings. The van der Waals surface area contributed by atoms with E-state index in [1.54, 1.807) is 6.92 Å². The maximum absolute atomic E-state index is 12.6. The van der Waals surface area contributed by atoms with E-state index in [0.29, 0.717) is 5.92 Å². The van der Waals surface area contributed by atoms with Gasteiger partial charge in [0.2, 0.25) is 5.91 Å². The van der Waals surface area contributed by atoms with Crippen LogP contribution in [0.1, 0.15) is 33.6 Å². The van der Waals surface area contributed by atoms with Crippen molar-refractivity contribution in [2.75, 3.05) is 45.2 Å². The van der Waals surface area contributed by atoms with E-state index in [-0.39, 0.29) is 22.8 Å². The van der Waals surface area contributed by atoms with Gasteiger partial charge in [-0.05, 0) is 45.2 Å². The third-order valence-electron chi connectivity index (χ3n) is 5.20. The van der Waals surface area contributed by atoms with Gasteiger partial charge in [0.05, 0.1) is 16.9 Å². The van der Waals surface area contributed by atoms with Gasteiger partial charge < -0.3 is 9.80 Å². The summed E-state index contributed by atoms with van der Waals surface area (Å²) in [5.41, 5.74) is -0.437. The molecule has 2 rings (SSSR count). The average Bonchev–Trinajstić information content (AvgIpc) is 2.34. The monoisotopic (exact) mass is 330 g/mol. The molecule has 0 saturated carbocycles. The molecule has 2 saturated heterocycles. The second-order valence-corrected chi connectivity index (χ2v) is 10.5. The second-order valence-electron chi connectivity index (χ2n) is 8.39. The van der Waals surface area contributed by atoms with Gasteiger partial charge in [0, 0.05) is 19.6 Å². The molecule has 0 aromatic carbocycles. The van der Waals surface area contributed by atoms with E-state index in [1.807, 2.05) is 4.90 Å². The molecule has 128 valence electrons. The highest BCUT2D eigenvalue weighted by Gasteiger charge is 2.52. The van der Waals surface area contributed by atoms with Crippen LogP contribution in [0.2, 0.25) is 0 Å². The zero-order valence-electron chi connectivity index (χ0n) is 14.6. The van der Waals surface area contributed by atoms with Crippen LogP contribution in [0.4, 0.5) is 0 Å². The van der Waals surface area contributed by atoms with Crippen molar-refractivity contribution in [1.82, 2.24) is 9.80 Å². The van der Waals surface area contributed by atoms with Crippen molar-refractivity contribution in [2.24, 2.45) is 16.7 Å². The molecular weight excluding hydrogens is 300 g/mol. The molecule has 22 heavy (non-hydrogen) atoms. The Hall–Kier alpha value is -0.620. The first kappa shape index (κ1) is 17.7. The molecule has 0 bridgehead atoms. The summed E-state index contributed by atoms with van der Waals surface area (Å²) in [6.45, 7) is 8.95. The van der Waals surface area contributed by atoms with E-state index in [0.717, 1.165) is 32.5 Å². The van der Waals surface area contributed by atoms with Crippen LogP contribution in [0.5, 0.6) is 0 Å². The first-order valence-electron chi connectivity index (χ1n) is 8.10. The number of nitrogens with zero attached hydrogens (tertiary/aromatic N) is 2. The van der Waals surface area contributed by atoms with Gasteiger partial charge >= 0.3 is 0 Å². The van der Waals surface area contributed by atoms with Crippen molar-refractivity contribution in [2.45, 2.75) is 33.6 Å². The molecule has 0 aromatic heterocycles. The Morgan fingerprint density at radius 2 is 1.73 bits per heavy atom. The van der Waals surface area contributed by atoms with Crippen LogP contribution in [-0.2, 0) is 14.6 Å². The van der Waals surface area contributed by atoms with Crippen LogP contribution < -0.4 is 0 Å². The summed E-state index contributed by atoms with van der Waals surface area (Å²) < 4.78 is 22.8. The molecule has 5 nitrogen and oxygen atoms in total. The zero-order valence-corrected chi connectivity index (χ0v) is 15.4. The van der Waals surface area contributed by atoms with E-state index < -0.39 is 15.3 Å². The van der Waals surface area contributed by atoms with Crippen molar-refractivity contribution in [3.05, 3.63) is 0 Å². The molecule has 1 amide bonds. The number of piperidine rings is 1. The van der Waals surface area contributed by atoms with Crippen LogP contribution in [0.3, 0.4) is 0 Å². The average molecular weight is 330 g/mol. The maximum Gasteiger partial charge on any atom is 0.230 e. The fourth-order valence-electron chi connectivity index (χ4n) is 4.24. The van der Waals surface area contributed by atoms with Crippen molar-refractivity contribution in [3.63, 3.8) is 0 Å². The number of carbonyl (C=O) groups is 1. The first-order chi connectivity index (χ1) is 9.95. The van der Waals surface area contributed by atoms with Gasteiger partial charge in [0.25, 0.3) is 0 Å². The molecule has 2 aliphatic heterocycles. The Labute approximate surface area is 135 Å². The number of hydrogen-bond donors (Lipinski definition) is 0. The van der Waals surface area contributed by atoms with Crippen LogP contribution >= 0.6 is 0 Å². The summed E-state index contributed by atoms with van der Waals surface area (Å²) in [7, 11) is 1.22. The Bertz CT molecular complexity index is 520. The number of likely N-dealkylation sites (tertiary alicyclic amines) is 1. The predicted octanol–water partition coefficient (Wildman–Crippen LogP) is 1.25. The lowest BCUT2D eigenvalue weighted by atomic mass is 9.73. The summed E-state index contributed by atoms with van der Waals surface area (Å²) in [6, 6.07) is 0. The van der Waals surface area contributed by atoms with Gasteiger partial charge in [-0.25, -0.2) is 8.42 Å². The Balaban J connectivity index is 1.91. The molecule has 2 aliphatic rings. The third-order valence-corrected chi connectivity index (χ3v) is 7.36. The fourth-order valence-corrected chi connectivity index (χ4v) is 6.35. The number of carbonyl (C=O) groups excluding carboxylic acids is 1. The first-order valence-corrected chi connectivity index (χ1v) is 9.92. The number of rotatable bonds is 4. The standard InChI is InChI=1S/C16H30N2O3S/c1-15(2,10-17(4)5)13-6-8-18(9-7-13)14(19)16(3)11-22(20,21)12-16/h13H,6-12H2,1-5H3. The fraction of sp³-hybridized carbons (Fsp3) is 0.938. The summed E-state index contributed by atoms with van der Waals surface area (Å²) in [4.78, 5) is 16.7. The quantitative estimate of drug-likeness (QED) is 0.778. The SMILES string of the molecule is CN(C)CC(C)(C)C1CCN(C(=O)C2(C)CS(=O)(=O)C2)CC1. The van der Waals surface area contributed by atoms with Crippen LogP contribution in [0, 0.1) is 16.7 Å². The van der Waals surface area contributed by atoms with Gasteiger partial charge in [0.1, 0.15) is 0 Å². The summed E-state index contributed by atoms with van der Waals surface area (Å²) >= 11 is 0. The lowest BCUT2D eigenvalue weighted by molar-refractivity contribution is -0.141. The third kappa shape index (κ3) is 3.65. The van der Waals surface area contributed by atoms with E-state index in [2.05, 4.69) is 32.8 Å².